The summed E-state index contributed by atoms with van der Waals surface area (Å²) in [5, 5.41) is 2.83. The number of ether oxygens (including phenoxy) is 2. The van der Waals surface area contributed by atoms with Crippen molar-refractivity contribution in [2.45, 2.75) is 6.92 Å². The predicted molar refractivity (Wildman–Crippen MR) is 109 cm³/mol. The zero-order chi connectivity index (χ0) is 20.1. The fourth-order valence-electron chi connectivity index (χ4n) is 2.68. The standard InChI is InChI=1S/C21H22N4O3/c1-14-12-18(24-21(22-14)25(2)15-8-6-5-7-9-15)20(26)23-17-13-16(27-3)10-11-19(17)28-4/h5-13H,1-4H3,(H,23,26). The summed E-state index contributed by atoms with van der Waals surface area (Å²) in [7, 11) is 4.96. The van der Waals surface area contributed by atoms with Gasteiger partial charge in [-0.15, -0.1) is 0 Å². The van der Waals surface area contributed by atoms with Crippen LogP contribution in [0.25, 0.3) is 0 Å². The number of carbonyl (C=O) groups excluding carboxylic acids is 1. The van der Waals surface area contributed by atoms with Crippen molar-refractivity contribution in [3.63, 3.8) is 0 Å². The third kappa shape index (κ3) is 4.20. The maximum atomic E-state index is 12.8. The molecule has 7 nitrogen and oxygen atoms in total. The second-order valence-corrected chi connectivity index (χ2v) is 6.11. The van der Waals surface area contributed by atoms with Crippen molar-refractivity contribution in [3.8, 4) is 11.5 Å². The van der Waals surface area contributed by atoms with E-state index in [0.717, 1.165) is 5.69 Å². The number of hydrogen-bond donors (Lipinski definition) is 1. The van der Waals surface area contributed by atoms with Crippen LogP contribution in [0.1, 0.15) is 16.2 Å². The van der Waals surface area contributed by atoms with Crippen molar-refractivity contribution >= 4 is 23.2 Å². The van der Waals surface area contributed by atoms with Crippen molar-refractivity contribution in [3.05, 3.63) is 66.0 Å². The zero-order valence-electron chi connectivity index (χ0n) is 16.3. The molecule has 0 fully saturated rings. The van der Waals surface area contributed by atoms with E-state index in [9.17, 15) is 4.79 Å². The van der Waals surface area contributed by atoms with Gasteiger partial charge >= 0.3 is 0 Å². The number of anilines is 3. The molecule has 2 aromatic carbocycles. The molecule has 0 aliphatic heterocycles. The minimum atomic E-state index is -0.361. The van der Waals surface area contributed by atoms with E-state index in [1.165, 1.54) is 0 Å². The molecule has 0 saturated carbocycles. The number of nitrogens with zero attached hydrogens (tertiary/aromatic N) is 3. The number of hydrogen-bond acceptors (Lipinski definition) is 6. The Kier molecular flexibility index (Phi) is 5.74. The molecule has 0 spiro atoms. The van der Waals surface area contributed by atoms with E-state index in [1.54, 1.807) is 38.5 Å². The molecule has 0 aliphatic carbocycles. The second-order valence-electron chi connectivity index (χ2n) is 6.11. The van der Waals surface area contributed by atoms with Crippen LogP contribution < -0.4 is 19.7 Å². The molecule has 1 N–H and O–H groups in total. The third-order valence-electron chi connectivity index (χ3n) is 4.17. The fourth-order valence-corrected chi connectivity index (χ4v) is 2.68. The summed E-state index contributed by atoms with van der Waals surface area (Å²) >= 11 is 0. The number of carbonyl (C=O) groups is 1. The van der Waals surface area contributed by atoms with Crippen LogP contribution in [0.2, 0.25) is 0 Å². The quantitative estimate of drug-likeness (QED) is 0.703. The van der Waals surface area contributed by atoms with E-state index in [4.69, 9.17) is 9.47 Å². The topological polar surface area (TPSA) is 76.6 Å². The van der Waals surface area contributed by atoms with Crippen LogP contribution in [0.3, 0.4) is 0 Å². The van der Waals surface area contributed by atoms with Gasteiger partial charge in [-0.25, -0.2) is 9.97 Å². The van der Waals surface area contributed by atoms with Gasteiger partial charge in [-0.1, -0.05) is 18.2 Å². The van der Waals surface area contributed by atoms with Gasteiger partial charge in [-0.2, -0.15) is 0 Å². The number of aromatic nitrogens is 2. The fraction of sp³-hybridized carbons (Fsp3) is 0.190. The molecule has 144 valence electrons. The van der Waals surface area contributed by atoms with Gasteiger partial charge in [-0.05, 0) is 37.3 Å². The molecule has 3 aromatic rings. The van der Waals surface area contributed by atoms with Crippen LogP contribution in [0, 0.1) is 6.92 Å². The van der Waals surface area contributed by atoms with Crippen LogP contribution in [-0.2, 0) is 0 Å². The number of benzene rings is 2. The second kappa shape index (κ2) is 8.39. The molecule has 0 radical (unpaired) electrons. The molecule has 0 aliphatic rings. The first-order valence-corrected chi connectivity index (χ1v) is 8.69. The molecule has 28 heavy (non-hydrogen) atoms. The van der Waals surface area contributed by atoms with E-state index in [-0.39, 0.29) is 11.6 Å². The van der Waals surface area contributed by atoms with E-state index >= 15 is 0 Å². The predicted octanol–water partition coefficient (Wildman–Crippen LogP) is 3.82. The number of amides is 1. The zero-order valence-corrected chi connectivity index (χ0v) is 16.3. The largest absolute Gasteiger partial charge is 0.497 e. The maximum Gasteiger partial charge on any atom is 0.274 e. The lowest BCUT2D eigenvalue weighted by Gasteiger charge is -2.18. The lowest BCUT2D eigenvalue weighted by atomic mass is 10.2. The van der Waals surface area contributed by atoms with E-state index in [0.29, 0.717) is 28.8 Å². The van der Waals surface area contributed by atoms with Gasteiger partial charge in [-0.3, -0.25) is 4.79 Å². The van der Waals surface area contributed by atoms with Gasteiger partial charge < -0.3 is 19.7 Å². The van der Waals surface area contributed by atoms with Crippen molar-refractivity contribution in [2.24, 2.45) is 0 Å². The van der Waals surface area contributed by atoms with E-state index in [2.05, 4.69) is 15.3 Å². The van der Waals surface area contributed by atoms with Crippen molar-refractivity contribution < 1.29 is 14.3 Å². The van der Waals surface area contributed by atoms with Crippen LogP contribution in [-0.4, -0.2) is 37.1 Å². The molecule has 1 amide bonds. The Balaban J connectivity index is 1.90. The van der Waals surface area contributed by atoms with Crippen LogP contribution in [0.4, 0.5) is 17.3 Å². The molecular weight excluding hydrogens is 356 g/mol. The highest BCUT2D eigenvalue weighted by Crippen LogP contribution is 2.29. The summed E-state index contributed by atoms with van der Waals surface area (Å²) in [6, 6.07) is 16.5. The number of para-hydroxylation sites is 1. The van der Waals surface area contributed by atoms with Crippen LogP contribution in [0.15, 0.2) is 54.6 Å². The maximum absolute atomic E-state index is 12.8. The molecule has 0 bridgehead atoms. The number of methoxy groups -OCH3 is 2. The first-order valence-electron chi connectivity index (χ1n) is 8.69. The minimum absolute atomic E-state index is 0.259. The average Bonchev–Trinajstić information content (AvgIpc) is 2.73. The summed E-state index contributed by atoms with van der Waals surface area (Å²) in [6.45, 7) is 1.83. The van der Waals surface area contributed by atoms with Crippen LogP contribution >= 0.6 is 0 Å². The molecule has 0 atom stereocenters. The minimum Gasteiger partial charge on any atom is -0.497 e. The van der Waals surface area contributed by atoms with Gasteiger partial charge in [0.2, 0.25) is 5.95 Å². The van der Waals surface area contributed by atoms with Gasteiger partial charge in [0.25, 0.3) is 5.91 Å². The normalized spacial score (nSPS) is 10.3. The Morgan fingerprint density at radius 3 is 2.43 bits per heavy atom. The van der Waals surface area contributed by atoms with Crippen LogP contribution in [0.5, 0.6) is 11.5 Å². The molecular formula is C21H22N4O3. The average molecular weight is 378 g/mol. The Labute approximate surface area is 164 Å². The molecule has 0 unspecified atom stereocenters. The molecule has 7 heteroatoms. The van der Waals surface area contributed by atoms with E-state index in [1.807, 2.05) is 49.2 Å². The smallest absolute Gasteiger partial charge is 0.274 e. The monoisotopic (exact) mass is 378 g/mol. The molecule has 0 saturated heterocycles. The van der Waals surface area contributed by atoms with Crippen molar-refractivity contribution in [1.82, 2.24) is 9.97 Å². The SMILES string of the molecule is COc1ccc(OC)c(NC(=O)c2cc(C)nc(N(C)c3ccccc3)n2)c1. The van der Waals surface area contributed by atoms with Crippen molar-refractivity contribution in [1.29, 1.82) is 0 Å². The van der Waals surface area contributed by atoms with Gasteiger partial charge in [0.15, 0.2) is 0 Å². The first-order chi connectivity index (χ1) is 13.5. The summed E-state index contributed by atoms with van der Waals surface area (Å²) in [4.78, 5) is 23.5. The van der Waals surface area contributed by atoms with Gasteiger partial charge in [0.1, 0.15) is 17.2 Å². The highest BCUT2D eigenvalue weighted by molar-refractivity contribution is 6.04. The summed E-state index contributed by atoms with van der Waals surface area (Å²) in [5.74, 6) is 1.22. The Hall–Kier alpha value is -3.61. The Bertz CT molecular complexity index is 977. The lowest BCUT2D eigenvalue weighted by molar-refractivity contribution is 0.102. The number of aryl methyl sites for hydroxylation is 1. The first kappa shape index (κ1) is 19.2. The lowest BCUT2D eigenvalue weighted by Crippen LogP contribution is -2.19. The highest BCUT2D eigenvalue weighted by atomic mass is 16.5. The summed E-state index contributed by atoms with van der Waals surface area (Å²) in [6.07, 6.45) is 0. The van der Waals surface area contributed by atoms with Crippen molar-refractivity contribution in [2.75, 3.05) is 31.5 Å². The van der Waals surface area contributed by atoms with Gasteiger partial charge in [0.05, 0.1) is 19.9 Å². The number of rotatable bonds is 6. The summed E-state index contributed by atoms with van der Waals surface area (Å²) < 4.78 is 10.5. The third-order valence-corrected chi connectivity index (χ3v) is 4.17. The molecule has 1 heterocycles. The highest BCUT2D eigenvalue weighted by Gasteiger charge is 2.16. The van der Waals surface area contributed by atoms with E-state index < -0.39 is 0 Å². The molecule has 3 rings (SSSR count). The number of nitrogens with one attached hydrogen (secondary N) is 1. The Morgan fingerprint density at radius 2 is 1.75 bits per heavy atom. The summed E-state index contributed by atoms with van der Waals surface area (Å²) in [5.41, 5.74) is 2.38. The Morgan fingerprint density at radius 1 is 1.00 bits per heavy atom. The molecule has 1 aromatic heterocycles. The van der Waals surface area contributed by atoms with Gasteiger partial charge in [0, 0.05) is 24.5 Å².